The van der Waals surface area contributed by atoms with Gasteiger partial charge in [0.1, 0.15) is 11.6 Å². The maximum absolute atomic E-state index is 13.6. The Kier molecular flexibility index (Phi) is 6.26. The lowest BCUT2D eigenvalue weighted by Gasteiger charge is -2.16. The molecule has 0 saturated carbocycles. The van der Waals surface area contributed by atoms with Crippen LogP contribution in [0.2, 0.25) is 0 Å². The van der Waals surface area contributed by atoms with Crippen LogP contribution in [0.1, 0.15) is 22.7 Å². The molecule has 30 heavy (non-hydrogen) atoms. The number of hydrogen-bond acceptors (Lipinski definition) is 6. The van der Waals surface area contributed by atoms with Gasteiger partial charge < -0.3 is 19.6 Å². The summed E-state index contributed by atoms with van der Waals surface area (Å²) in [4.78, 5) is 34.3. The smallest absolute Gasteiger partial charge is 0.434 e. The van der Waals surface area contributed by atoms with Gasteiger partial charge in [0.05, 0.1) is 13.5 Å². The van der Waals surface area contributed by atoms with Crippen molar-refractivity contribution in [3.05, 3.63) is 70.3 Å². The number of carbonyl (C=O) groups is 2. The molecule has 156 valence electrons. The van der Waals surface area contributed by atoms with Crippen molar-refractivity contribution in [2.45, 2.75) is 18.9 Å². The molecular weight excluding hydrogens is 397 g/mol. The van der Waals surface area contributed by atoms with Crippen LogP contribution in [0, 0.1) is 5.82 Å². The molecule has 3 aromatic rings. The molecule has 0 aliphatic heterocycles. The zero-order valence-electron chi connectivity index (χ0n) is 15.8. The lowest BCUT2D eigenvalue weighted by molar-refractivity contribution is -0.137. The van der Waals surface area contributed by atoms with Crippen molar-refractivity contribution in [1.82, 2.24) is 15.5 Å². The molecule has 0 spiro atoms. The fourth-order valence-corrected chi connectivity index (χ4v) is 2.97. The van der Waals surface area contributed by atoms with Crippen LogP contribution in [-0.2, 0) is 11.2 Å². The zero-order chi connectivity index (χ0) is 21.7. The van der Waals surface area contributed by atoms with Gasteiger partial charge in [0.25, 0.3) is 0 Å². The molecule has 0 radical (unpaired) electrons. The largest absolute Gasteiger partial charge is 0.496 e. The Morgan fingerprint density at radius 1 is 1.27 bits per heavy atom. The van der Waals surface area contributed by atoms with Crippen molar-refractivity contribution in [3.8, 4) is 16.9 Å². The molecule has 0 saturated heterocycles. The molecule has 1 amide bonds. The van der Waals surface area contributed by atoms with E-state index in [4.69, 9.17) is 9.84 Å². The SMILES string of the molecule is COc1ccc(F)cc1-c1ccc(C[C@H](CC(=O)O)NC(=O)c2n[nH]c(=O)o2)cc1. The van der Waals surface area contributed by atoms with E-state index in [0.29, 0.717) is 16.9 Å². The Labute approximate surface area is 169 Å². The second-order valence-corrected chi connectivity index (χ2v) is 6.43. The van der Waals surface area contributed by atoms with Crippen molar-refractivity contribution in [1.29, 1.82) is 0 Å². The minimum Gasteiger partial charge on any atom is -0.496 e. The fraction of sp³-hybridized carbons (Fsp3) is 0.200. The zero-order valence-corrected chi connectivity index (χ0v) is 15.8. The number of carboxylic acids is 1. The van der Waals surface area contributed by atoms with Crippen LogP contribution in [0.25, 0.3) is 11.1 Å². The van der Waals surface area contributed by atoms with E-state index in [1.807, 2.05) is 5.10 Å². The van der Waals surface area contributed by atoms with Gasteiger partial charge in [-0.15, -0.1) is 5.10 Å². The number of nitrogens with zero attached hydrogens (tertiary/aromatic N) is 1. The molecule has 1 aromatic heterocycles. The first-order valence-electron chi connectivity index (χ1n) is 8.86. The highest BCUT2D eigenvalue weighted by Crippen LogP contribution is 2.30. The van der Waals surface area contributed by atoms with E-state index in [0.717, 1.165) is 5.56 Å². The van der Waals surface area contributed by atoms with Gasteiger partial charge in [-0.3, -0.25) is 9.59 Å². The number of methoxy groups -OCH3 is 1. The lowest BCUT2D eigenvalue weighted by Crippen LogP contribution is -2.38. The minimum atomic E-state index is -1.11. The Morgan fingerprint density at radius 3 is 2.60 bits per heavy atom. The molecule has 1 atom stereocenters. The van der Waals surface area contributed by atoms with Crippen molar-refractivity contribution < 1.29 is 28.2 Å². The molecule has 0 aliphatic rings. The Morgan fingerprint density at radius 2 is 2.00 bits per heavy atom. The number of aliphatic carboxylic acids is 1. The summed E-state index contributed by atoms with van der Waals surface area (Å²) in [5.74, 6) is -3.17. The highest BCUT2D eigenvalue weighted by Gasteiger charge is 2.21. The molecule has 1 heterocycles. The normalized spacial score (nSPS) is 11.7. The predicted octanol–water partition coefficient (Wildman–Crippen LogP) is 1.99. The summed E-state index contributed by atoms with van der Waals surface area (Å²) in [6.45, 7) is 0. The monoisotopic (exact) mass is 415 g/mol. The summed E-state index contributed by atoms with van der Waals surface area (Å²) in [5, 5.41) is 17.0. The highest BCUT2D eigenvalue weighted by molar-refractivity contribution is 5.89. The summed E-state index contributed by atoms with van der Waals surface area (Å²) in [5.41, 5.74) is 2.03. The molecule has 3 N–H and O–H groups in total. The van der Waals surface area contributed by atoms with E-state index in [1.165, 1.54) is 25.3 Å². The quantitative estimate of drug-likeness (QED) is 0.512. The lowest BCUT2D eigenvalue weighted by atomic mass is 9.98. The molecule has 0 aliphatic carbocycles. The number of nitrogens with one attached hydrogen (secondary N) is 2. The van der Waals surface area contributed by atoms with E-state index in [1.54, 1.807) is 24.3 Å². The molecule has 2 aromatic carbocycles. The molecule has 10 heteroatoms. The number of aromatic amines is 1. The number of hydrogen-bond donors (Lipinski definition) is 3. The average molecular weight is 415 g/mol. The Hall–Kier alpha value is -3.95. The number of benzene rings is 2. The van der Waals surface area contributed by atoms with Crippen molar-refractivity contribution in [2.24, 2.45) is 0 Å². The topological polar surface area (TPSA) is 135 Å². The van der Waals surface area contributed by atoms with Crippen LogP contribution >= 0.6 is 0 Å². The molecule has 0 unspecified atom stereocenters. The number of amides is 1. The van der Waals surface area contributed by atoms with Gasteiger partial charge in [-0.1, -0.05) is 24.3 Å². The summed E-state index contributed by atoms with van der Waals surface area (Å²) >= 11 is 0. The number of ether oxygens (including phenoxy) is 1. The van der Waals surface area contributed by atoms with Crippen molar-refractivity contribution in [2.75, 3.05) is 7.11 Å². The van der Waals surface area contributed by atoms with E-state index in [9.17, 15) is 18.8 Å². The Bertz CT molecular complexity index is 1110. The average Bonchev–Trinajstić information content (AvgIpc) is 3.14. The summed E-state index contributed by atoms with van der Waals surface area (Å²) in [7, 11) is 1.49. The first-order chi connectivity index (χ1) is 14.4. The highest BCUT2D eigenvalue weighted by atomic mass is 19.1. The van der Waals surface area contributed by atoms with Crippen LogP contribution in [-0.4, -0.2) is 40.3 Å². The van der Waals surface area contributed by atoms with Crippen molar-refractivity contribution in [3.63, 3.8) is 0 Å². The van der Waals surface area contributed by atoms with Crippen LogP contribution in [0.3, 0.4) is 0 Å². The standard InChI is InChI=1S/C20H18FN3O6/c1-29-16-7-6-13(21)9-15(16)12-4-2-11(3-5-12)8-14(10-17(25)26)22-18(27)19-23-24-20(28)30-19/h2-7,9,14H,8,10H2,1H3,(H,22,27)(H,24,28)(H,25,26)/t14-/m1/s1. The second kappa shape index (κ2) is 9.03. The Balaban J connectivity index is 1.76. The summed E-state index contributed by atoms with van der Waals surface area (Å²) in [6, 6.07) is 10.4. The van der Waals surface area contributed by atoms with Gasteiger partial charge in [-0.25, -0.2) is 14.3 Å². The molecule has 0 fully saturated rings. The first-order valence-corrected chi connectivity index (χ1v) is 8.86. The minimum absolute atomic E-state index is 0.202. The van der Waals surface area contributed by atoms with Gasteiger partial charge >= 0.3 is 23.5 Å². The van der Waals surface area contributed by atoms with Crippen LogP contribution in [0.5, 0.6) is 5.75 Å². The maximum atomic E-state index is 13.6. The third kappa shape index (κ3) is 5.10. The summed E-state index contributed by atoms with van der Waals surface area (Å²) < 4.78 is 23.5. The third-order valence-electron chi connectivity index (χ3n) is 4.30. The van der Waals surface area contributed by atoms with Crippen LogP contribution in [0.15, 0.2) is 51.7 Å². The summed E-state index contributed by atoms with van der Waals surface area (Å²) in [6.07, 6.45) is -0.146. The van der Waals surface area contributed by atoms with E-state index < -0.39 is 35.4 Å². The van der Waals surface area contributed by atoms with Gasteiger partial charge in [-0.05, 0) is 35.7 Å². The van der Waals surface area contributed by atoms with Gasteiger partial charge in [0, 0.05) is 11.6 Å². The number of aromatic nitrogens is 2. The van der Waals surface area contributed by atoms with Gasteiger partial charge in [-0.2, -0.15) is 0 Å². The van der Waals surface area contributed by atoms with Gasteiger partial charge in [0.2, 0.25) is 0 Å². The van der Waals surface area contributed by atoms with E-state index in [-0.39, 0.29) is 12.8 Å². The molecular formula is C20H18FN3O6. The van der Waals surface area contributed by atoms with E-state index in [2.05, 4.69) is 14.8 Å². The predicted molar refractivity (Wildman–Crippen MR) is 103 cm³/mol. The van der Waals surface area contributed by atoms with Gasteiger partial charge in [0.15, 0.2) is 0 Å². The third-order valence-corrected chi connectivity index (χ3v) is 4.30. The number of carbonyl (C=O) groups excluding carboxylic acids is 1. The van der Waals surface area contributed by atoms with Crippen LogP contribution in [0.4, 0.5) is 4.39 Å². The number of rotatable bonds is 8. The first kappa shape index (κ1) is 20.8. The second-order valence-electron chi connectivity index (χ2n) is 6.43. The fourth-order valence-electron chi connectivity index (χ4n) is 2.97. The number of carboxylic acid groups (broad SMARTS) is 1. The number of H-pyrrole nitrogens is 1. The van der Waals surface area contributed by atoms with Crippen LogP contribution < -0.4 is 15.8 Å². The maximum Gasteiger partial charge on any atom is 0.434 e. The van der Waals surface area contributed by atoms with Crippen molar-refractivity contribution >= 4 is 11.9 Å². The molecule has 0 bridgehead atoms. The van der Waals surface area contributed by atoms with E-state index >= 15 is 0 Å². The number of halogens is 1. The molecule has 9 nitrogen and oxygen atoms in total. The molecule has 3 rings (SSSR count).